The third-order valence-electron chi connectivity index (χ3n) is 1.55. The van der Waals surface area contributed by atoms with E-state index in [1.165, 1.54) is 4.31 Å². The molecule has 1 fully saturated rings. The first-order valence-corrected chi connectivity index (χ1v) is 4.54. The van der Waals surface area contributed by atoms with E-state index in [0.717, 1.165) is 0 Å². The van der Waals surface area contributed by atoms with Crippen LogP contribution in [0.3, 0.4) is 0 Å². The lowest BCUT2D eigenvalue weighted by atomic mass is 10.3. The minimum Gasteiger partial charge on any atom is -0.326 e. The molecule has 4 N–H and O–H groups in total. The van der Waals surface area contributed by atoms with Gasteiger partial charge in [-0.3, -0.25) is 0 Å². The number of hydrogen-bond donors (Lipinski definition) is 2. The van der Waals surface area contributed by atoms with Gasteiger partial charge >= 0.3 is 0 Å². The molecule has 10 heavy (non-hydrogen) atoms. The molecule has 0 spiro atoms. The van der Waals surface area contributed by atoms with Gasteiger partial charge < -0.3 is 5.73 Å². The second-order valence-corrected chi connectivity index (χ2v) is 4.00. The van der Waals surface area contributed by atoms with E-state index < -0.39 is 10.2 Å². The fourth-order valence-electron chi connectivity index (χ4n) is 0.985. The number of nitrogens with two attached hydrogens (primary N) is 2. The summed E-state index contributed by atoms with van der Waals surface area (Å²) in [6, 6.07) is -0.0432. The lowest BCUT2D eigenvalue weighted by Gasteiger charge is -2.10. The summed E-state index contributed by atoms with van der Waals surface area (Å²) >= 11 is 0. The van der Waals surface area contributed by atoms with E-state index in [-0.39, 0.29) is 6.04 Å². The van der Waals surface area contributed by atoms with E-state index >= 15 is 0 Å². The molecule has 0 aliphatic carbocycles. The smallest absolute Gasteiger partial charge is 0.276 e. The zero-order valence-electron chi connectivity index (χ0n) is 5.53. The van der Waals surface area contributed by atoms with Crippen molar-refractivity contribution in [2.24, 2.45) is 10.9 Å². The van der Waals surface area contributed by atoms with Crippen molar-refractivity contribution in [2.75, 3.05) is 13.1 Å². The van der Waals surface area contributed by atoms with Crippen molar-refractivity contribution in [1.82, 2.24) is 4.31 Å². The van der Waals surface area contributed by atoms with E-state index in [2.05, 4.69) is 0 Å². The highest BCUT2D eigenvalue weighted by Gasteiger charge is 2.26. The van der Waals surface area contributed by atoms with Crippen LogP contribution in [0.1, 0.15) is 6.42 Å². The van der Waals surface area contributed by atoms with Crippen LogP contribution in [-0.4, -0.2) is 31.9 Å². The highest BCUT2D eigenvalue weighted by Crippen LogP contribution is 2.08. The molecule has 0 amide bonds. The summed E-state index contributed by atoms with van der Waals surface area (Å²) in [6.07, 6.45) is 0.705. The fraction of sp³-hybridized carbons (Fsp3) is 1.00. The van der Waals surface area contributed by atoms with Crippen molar-refractivity contribution in [3.63, 3.8) is 0 Å². The van der Waals surface area contributed by atoms with Gasteiger partial charge in [0.05, 0.1) is 0 Å². The highest BCUT2D eigenvalue weighted by atomic mass is 32.2. The summed E-state index contributed by atoms with van der Waals surface area (Å²) < 4.78 is 22.4. The summed E-state index contributed by atoms with van der Waals surface area (Å²) in [5.74, 6) is 0. The molecule has 0 aromatic carbocycles. The largest absolute Gasteiger partial charge is 0.326 e. The maximum absolute atomic E-state index is 10.6. The van der Waals surface area contributed by atoms with Gasteiger partial charge in [0.25, 0.3) is 10.2 Å². The van der Waals surface area contributed by atoms with Crippen LogP contribution in [0.4, 0.5) is 0 Å². The Kier molecular flexibility index (Phi) is 1.95. The average Bonchev–Trinajstić information content (AvgIpc) is 2.11. The number of hydrogen-bond acceptors (Lipinski definition) is 3. The summed E-state index contributed by atoms with van der Waals surface area (Å²) in [6.45, 7) is 0.818. The molecule has 0 radical (unpaired) electrons. The first kappa shape index (κ1) is 7.93. The Bertz CT molecular complexity index is 213. The molecule has 1 aliphatic rings. The van der Waals surface area contributed by atoms with E-state index in [9.17, 15) is 8.42 Å². The normalized spacial score (nSPS) is 29.2. The third kappa shape index (κ3) is 1.66. The fourth-order valence-corrected chi connectivity index (χ4v) is 1.74. The Morgan fingerprint density at radius 3 is 2.30 bits per heavy atom. The van der Waals surface area contributed by atoms with Crippen LogP contribution >= 0.6 is 0 Å². The van der Waals surface area contributed by atoms with Crippen LogP contribution in [0.2, 0.25) is 0 Å². The van der Waals surface area contributed by atoms with Crippen LogP contribution in [0.25, 0.3) is 0 Å². The lowest BCUT2D eigenvalue weighted by Crippen LogP contribution is -2.36. The molecule has 0 aromatic rings. The second kappa shape index (κ2) is 2.46. The molecule has 1 aliphatic heterocycles. The lowest BCUT2D eigenvalue weighted by molar-refractivity contribution is 0.474. The standard InChI is InChI=1S/C4H11N3O2S/c5-4-1-2-7(3-4)10(6,8)9/h4H,1-3,5H2,(H2,6,8,9)/t4-/m1/s1. The molecule has 6 heteroatoms. The molecule has 5 nitrogen and oxygen atoms in total. The van der Waals surface area contributed by atoms with Crippen LogP contribution in [0.15, 0.2) is 0 Å². The van der Waals surface area contributed by atoms with Gasteiger partial charge in [-0.2, -0.15) is 12.7 Å². The Morgan fingerprint density at radius 1 is 1.50 bits per heavy atom. The summed E-state index contributed by atoms with van der Waals surface area (Å²) in [5.41, 5.74) is 5.46. The minimum atomic E-state index is -3.48. The van der Waals surface area contributed by atoms with E-state index in [0.29, 0.717) is 19.5 Å². The van der Waals surface area contributed by atoms with Gasteiger partial charge in [0.1, 0.15) is 0 Å². The third-order valence-corrected chi connectivity index (χ3v) is 2.60. The highest BCUT2D eigenvalue weighted by molar-refractivity contribution is 7.86. The Morgan fingerprint density at radius 2 is 2.10 bits per heavy atom. The van der Waals surface area contributed by atoms with Crippen molar-refractivity contribution in [1.29, 1.82) is 0 Å². The van der Waals surface area contributed by atoms with Crippen LogP contribution < -0.4 is 10.9 Å². The molecule has 1 saturated heterocycles. The molecule has 0 saturated carbocycles. The Balaban J connectivity index is 2.62. The Hall–Kier alpha value is -0.170. The number of rotatable bonds is 1. The van der Waals surface area contributed by atoms with Gasteiger partial charge in [-0.15, -0.1) is 0 Å². The van der Waals surface area contributed by atoms with Crippen molar-refractivity contribution >= 4 is 10.2 Å². The predicted molar refractivity (Wildman–Crippen MR) is 37.3 cm³/mol. The van der Waals surface area contributed by atoms with E-state index in [4.69, 9.17) is 10.9 Å². The summed E-state index contributed by atoms with van der Waals surface area (Å²) in [7, 11) is -3.48. The average molecular weight is 165 g/mol. The maximum Gasteiger partial charge on any atom is 0.276 e. The SMILES string of the molecule is N[C@@H]1CCN(S(N)(=O)=O)C1. The molecule has 1 rings (SSSR count). The number of nitrogens with zero attached hydrogens (tertiary/aromatic N) is 1. The molecule has 0 bridgehead atoms. The van der Waals surface area contributed by atoms with Crippen molar-refractivity contribution in [3.8, 4) is 0 Å². The maximum atomic E-state index is 10.6. The van der Waals surface area contributed by atoms with Gasteiger partial charge in [0.15, 0.2) is 0 Å². The van der Waals surface area contributed by atoms with Crippen molar-refractivity contribution < 1.29 is 8.42 Å². The molecule has 1 atom stereocenters. The van der Waals surface area contributed by atoms with Crippen LogP contribution in [-0.2, 0) is 10.2 Å². The summed E-state index contributed by atoms with van der Waals surface area (Å²) in [5, 5.41) is 4.85. The molecule has 0 unspecified atom stereocenters. The predicted octanol–water partition coefficient (Wildman–Crippen LogP) is -1.78. The first-order valence-electron chi connectivity index (χ1n) is 3.03. The Labute approximate surface area is 60.2 Å². The molecular formula is C4H11N3O2S. The molecular weight excluding hydrogens is 154 g/mol. The van der Waals surface area contributed by atoms with Crippen molar-refractivity contribution in [3.05, 3.63) is 0 Å². The van der Waals surface area contributed by atoms with Gasteiger partial charge in [-0.1, -0.05) is 0 Å². The van der Waals surface area contributed by atoms with E-state index in [1.807, 2.05) is 0 Å². The molecule has 1 heterocycles. The molecule has 0 aromatic heterocycles. The topological polar surface area (TPSA) is 89.4 Å². The van der Waals surface area contributed by atoms with Gasteiger partial charge in [-0.25, -0.2) is 5.14 Å². The van der Waals surface area contributed by atoms with E-state index in [1.54, 1.807) is 0 Å². The minimum absolute atomic E-state index is 0.0432. The van der Waals surface area contributed by atoms with Gasteiger partial charge in [-0.05, 0) is 6.42 Å². The van der Waals surface area contributed by atoms with Gasteiger partial charge in [0, 0.05) is 19.1 Å². The first-order chi connectivity index (χ1) is 4.50. The monoisotopic (exact) mass is 165 g/mol. The van der Waals surface area contributed by atoms with Crippen molar-refractivity contribution in [2.45, 2.75) is 12.5 Å². The molecule has 60 valence electrons. The quantitative estimate of drug-likeness (QED) is 0.481. The summed E-state index contributed by atoms with van der Waals surface area (Å²) in [4.78, 5) is 0. The van der Waals surface area contributed by atoms with Gasteiger partial charge in [0.2, 0.25) is 0 Å². The van der Waals surface area contributed by atoms with Crippen LogP contribution in [0.5, 0.6) is 0 Å². The zero-order valence-corrected chi connectivity index (χ0v) is 6.34. The second-order valence-electron chi connectivity index (χ2n) is 2.45. The van der Waals surface area contributed by atoms with Crippen LogP contribution in [0, 0.1) is 0 Å². The zero-order chi connectivity index (χ0) is 7.78.